The molecule has 0 aliphatic heterocycles. The summed E-state index contributed by atoms with van der Waals surface area (Å²) in [5.74, 6) is -0.209. The van der Waals surface area contributed by atoms with Gasteiger partial charge in [0, 0.05) is 6.04 Å². The first-order valence-electron chi connectivity index (χ1n) is 8.70. The fourth-order valence-corrected chi connectivity index (χ4v) is 3.49. The smallest absolute Gasteiger partial charge is 0.286 e. The van der Waals surface area contributed by atoms with Crippen molar-refractivity contribution >= 4 is 11.7 Å². The van der Waals surface area contributed by atoms with E-state index in [0.717, 1.165) is 51.4 Å². The number of hydrogen-bond acceptors (Lipinski definition) is 4. The quantitative estimate of drug-likeness (QED) is 0.900. The summed E-state index contributed by atoms with van der Waals surface area (Å²) in [6.45, 7) is 0. The fourth-order valence-electron chi connectivity index (χ4n) is 3.49. The molecule has 1 heterocycles. The van der Waals surface area contributed by atoms with Crippen LogP contribution in [0.2, 0.25) is 0 Å². The number of halogens is 1. The van der Waals surface area contributed by atoms with Crippen LogP contribution in [0.3, 0.4) is 0 Å². The molecule has 6 heteroatoms. The van der Waals surface area contributed by atoms with E-state index in [1.165, 1.54) is 6.42 Å². The monoisotopic (exact) mass is 321 g/mol. The highest BCUT2D eigenvalue weighted by Crippen LogP contribution is 2.28. The van der Waals surface area contributed by atoms with Gasteiger partial charge < -0.3 is 9.84 Å². The van der Waals surface area contributed by atoms with Crippen molar-refractivity contribution in [2.24, 2.45) is 5.92 Å². The normalized spacial score (nSPS) is 20.8. The van der Waals surface area contributed by atoms with Gasteiger partial charge in [-0.3, -0.25) is 4.79 Å². The highest BCUT2D eigenvalue weighted by molar-refractivity contribution is 5.78. The summed E-state index contributed by atoms with van der Waals surface area (Å²) in [5, 5.41) is 6.68. The van der Waals surface area contributed by atoms with Crippen LogP contribution in [0, 0.1) is 5.92 Å². The molecule has 0 unspecified atom stereocenters. The number of nitrogens with zero attached hydrogens (tertiary/aromatic N) is 2. The summed E-state index contributed by atoms with van der Waals surface area (Å²) >= 11 is 0. The second kappa shape index (κ2) is 7.70. The fraction of sp³-hybridized carbons (Fsp3) is 0.706. The first kappa shape index (κ1) is 16.1. The van der Waals surface area contributed by atoms with Crippen LogP contribution in [0.1, 0.15) is 69.5 Å². The number of hydrogen-bond donors (Lipinski definition) is 1. The average Bonchev–Trinajstić information content (AvgIpc) is 3.20. The predicted molar refractivity (Wildman–Crippen MR) is 84.1 cm³/mol. The van der Waals surface area contributed by atoms with E-state index in [9.17, 15) is 9.18 Å². The van der Waals surface area contributed by atoms with Crippen molar-refractivity contribution in [2.75, 3.05) is 0 Å². The second-order valence-electron chi connectivity index (χ2n) is 6.65. The Labute approximate surface area is 135 Å². The Kier molecular flexibility index (Phi) is 5.41. The van der Waals surface area contributed by atoms with Crippen LogP contribution >= 0.6 is 0 Å². The maximum absolute atomic E-state index is 14.2. The van der Waals surface area contributed by atoms with Crippen molar-refractivity contribution in [3.8, 4) is 0 Å². The molecule has 126 valence electrons. The standard InChI is InChI=1S/C17H24FN3O2/c18-14(10-12-6-2-1-3-7-12)17-20-15(21-23-17)11-16(22)19-13-8-4-5-9-13/h10,12-13H,1-9,11H2,(H,19,22)/b14-10+. The highest BCUT2D eigenvalue weighted by atomic mass is 19.1. The van der Waals surface area contributed by atoms with Crippen molar-refractivity contribution < 1.29 is 13.7 Å². The SMILES string of the molecule is O=C(Cc1noc(/C(F)=C\C2CCCCC2)n1)NC1CCCC1. The molecule has 2 fully saturated rings. The van der Waals surface area contributed by atoms with Crippen molar-refractivity contribution in [1.82, 2.24) is 15.5 Å². The molecule has 0 aromatic carbocycles. The van der Waals surface area contributed by atoms with E-state index in [1.54, 1.807) is 6.08 Å². The van der Waals surface area contributed by atoms with Crippen molar-refractivity contribution in [2.45, 2.75) is 70.3 Å². The third kappa shape index (κ3) is 4.62. The van der Waals surface area contributed by atoms with Gasteiger partial charge in [-0.15, -0.1) is 0 Å². The zero-order valence-corrected chi connectivity index (χ0v) is 13.4. The number of aromatic nitrogens is 2. The van der Waals surface area contributed by atoms with Crippen LogP contribution in [0.5, 0.6) is 0 Å². The number of rotatable bonds is 5. The van der Waals surface area contributed by atoms with Gasteiger partial charge in [-0.2, -0.15) is 4.98 Å². The number of allylic oxidation sites excluding steroid dienone is 1. The molecule has 2 aliphatic carbocycles. The van der Waals surface area contributed by atoms with E-state index in [4.69, 9.17) is 4.52 Å². The van der Waals surface area contributed by atoms with Gasteiger partial charge in [0.1, 0.15) is 0 Å². The molecule has 0 bridgehead atoms. The number of amides is 1. The van der Waals surface area contributed by atoms with Gasteiger partial charge in [0.2, 0.25) is 5.91 Å². The van der Waals surface area contributed by atoms with Gasteiger partial charge in [-0.1, -0.05) is 37.3 Å². The molecule has 23 heavy (non-hydrogen) atoms. The molecule has 2 saturated carbocycles. The third-order valence-corrected chi connectivity index (χ3v) is 4.74. The lowest BCUT2D eigenvalue weighted by Crippen LogP contribution is -2.33. The zero-order chi connectivity index (χ0) is 16.1. The number of carbonyl (C=O) groups is 1. The minimum Gasteiger partial charge on any atom is -0.353 e. The summed E-state index contributed by atoms with van der Waals surface area (Å²) in [6, 6.07) is 0.261. The number of carbonyl (C=O) groups excluding carboxylic acids is 1. The van der Waals surface area contributed by atoms with E-state index in [0.29, 0.717) is 0 Å². The maximum Gasteiger partial charge on any atom is 0.286 e. The molecule has 3 rings (SSSR count). The van der Waals surface area contributed by atoms with Crippen LogP contribution < -0.4 is 5.32 Å². The number of nitrogens with one attached hydrogen (secondary N) is 1. The molecule has 1 N–H and O–H groups in total. The Hall–Kier alpha value is -1.72. The topological polar surface area (TPSA) is 68.0 Å². The Morgan fingerprint density at radius 2 is 1.87 bits per heavy atom. The van der Waals surface area contributed by atoms with E-state index < -0.39 is 5.83 Å². The molecule has 0 saturated heterocycles. The average molecular weight is 321 g/mol. The van der Waals surface area contributed by atoms with Crippen molar-refractivity contribution in [1.29, 1.82) is 0 Å². The summed E-state index contributed by atoms with van der Waals surface area (Å²) in [6.07, 6.45) is 11.6. The maximum atomic E-state index is 14.2. The first-order chi connectivity index (χ1) is 11.2. The molecular formula is C17H24FN3O2. The summed E-state index contributed by atoms with van der Waals surface area (Å²) in [5.41, 5.74) is 0. The lowest BCUT2D eigenvalue weighted by molar-refractivity contribution is -0.121. The van der Waals surface area contributed by atoms with Gasteiger partial charge >= 0.3 is 0 Å². The second-order valence-corrected chi connectivity index (χ2v) is 6.65. The van der Waals surface area contributed by atoms with Crippen molar-refractivity contribution in [3.63, 3.8) is 0 Å². The molecule has 2 aliphatic rings. The summed E-state index contributed by atoms with van der Waals surface area (Å²) in [7, 11) is 0. The molecule has 0 atom stereocenters. The molecule has 5 nitrogen and oxygen atoms in total. The molecule has 1 amide bonds. The van der Waals surface area contributed by atoms with Gasteiger partial charge in [0.05, 0.1) is 6.42 Å². The molecule has 0 radical (unpaired) electrons. The van der Waals surface area contributed by atoms with Gasteiger partial charge in [0.15, 0.2) is 11.7 Å². The molecule has 0 spiro atoms. The lowest BCUT2D eigenvalue weighted by Gasteiger charge is -2.17. The van der Waals surface area contributed by atoms with Crippen molar-refractivity contribution in [3.05, 3.63) is 17.8 Å². The molecule has 1 aromatic heterocycles. The molecular weight excluding hydrogens is 297 g/mol. The van der Waals surface area contributed by atoms with Crippen LogP contribution in [-0.4, -0.2) is 22.1 Å². The Morgan fingerprint density at radius 3 is 2.61 bits per heavy atom. The van der Waals surface area contributed by atoms with E-state index >= 15 is 0 Å². The molecule has 1 aromatic rings. The van der Waals surface area contributed by atoms with Gasteiger partial charge in [-0.05, 0) is 37.7 Å². The zero-order valence-electron chi connectivity index (χ0n) is 13.4. The van der Waals surface area contributed by atoms with E-state index in [1.807, 2.05) is 0 Å². The Balaban J connectivity index is 1.54. The minimum absolute atomic E-state index is 0.0384. The largest absolute Gasteiger partial charge is 0.353 e. The van der Waals surface area contributed by atoms with Crippen LogP contribution in [0.4, 0.5) is 4.39 Å². The first-order valence-corrected chi connectivity index (χ1v) is 8.70. The van der Waals surface area contributed by atoms with Crippen LogP contribution in [0.25, 0.3) is 5.83 Å². The Bertz CT molecular complexity index is 558. The predicted octanol–water partition coefficient (Wildman–Crippen LogP) is 3.56. The lowest BCUT2D eigenvalue weighted by atomic mass is 9.89. The van der Waals surface area contributed by atoms with Crippen LogP contribution in [-0.2, 0) is 11.2 Å². The third-order valence-electron chi connectivity index (χ3n) is 4.74. The van der Waals surface area contributed by atoms with E-state index in [-0.39, 0.29) is 36.0 Å². The van der Waals surface area contributed by atoms with Crippen LogP contribution in [0.15, 0.2) is 10.6 Å². The Morgan fingerprint density at radius 1 is 1.17 bits per heavy atom. The summed E-state index contributed by atoms with van der Waals surface area (Å²) < 4.78 is 19.1. The van der Waals surface area contributed by atoms with E-state index in [2.05, 4.69) is 15.5 Å². The van der Waals surface area contributed by atoms with Gasteiger partial charge in [0.25, 0.3) is 5.89 Å². The van der Waals surface area contributed by atoms with Gasteiger partial charge in [-0.25, -0.2) is 4.39 Å². The highest BCUT2D eigenvalue weighted by Gasteiger charge is 2.20. The summed E-state index contributed by atoms with van der Waals surface area (Å²) in [4.78, 5) is 15.9. The minimum atomic E-state index is -0.466.